The SMILES string of the molecule is CN=C(NCc1sc(C)nc1C)N1CCN(C(=O)c2ccco2)CC1.I. The van der Waals surface area contributed by atoms with Crippen LogP contribution in [0.5, 0.6) is 0 Å². The topological polar surface area (TPSA) is 74.0 Å². The standard InChI is InChI=1S/C17H23N5O2S.HI/c1-12-15(25-13(2)20-12)11-19-17(18-3)22-8-6-21(7-9-22)16(23)14-5-4-10-24-14;/h4-5,10H,6-9,11H2,1-3H3,(H,18,19);1H. The van der Waals surface area contributed by atoms with Crippen molar-refractivity contribution in [2.75, 3.05) is 33.2 Å². The highest BCUT2D eigenvalue weighted by atomic mass is 127. The maximum Gasteiger partial charge on any atom is 0.289 e. The van der Waals surface area contributed by atoms with Gasteiger partial charge in [-0.2, -0.15) is 0 Å². The smallest absolute Gasteiger partial charge is 0.289 e. The van der Waals surface area contributed by atoms with Gasteiger partial charge in [-0.1, -0.05) is 0 Å². The van der Waals surface area contributed by atoms with Crippen LogP contribution in [0.3, 0.4) is 0 Å². The third kappa shape index (κ3) is 4.76. The molecule has 2 aromatic heterocycles. The van der Waals surface area contributed by atoms with Crippen LogP contribution in [0, 0.1) is 13.8 Å². The molecule has 1 saturated heterocycles. The number of furan rings is 1. The first-order chi connectivity index (χ1) is 12.1. The average Bonchev–Trinajstić information content (AvgIpc) is 3.25. The van der Waals surface area contributed by atoms with E-state index in [0.717, 1.165) is 36.3 Å². The van der Waals surface area contributed by atoms with Crippen molar-refractivity contribution in [3.63, 3.8) is 0 Å². The lowest BCUT2D eigenvalue weighted by molar-refractivity contribution is 0.0657. The molecule has 0 aliphatic carbocycles. The monoisotopic (exact) mass is 489 g/mol. The summed E-state index contributed by atoms with van der Waals surface area (Å²) >= 11 is 1.71. The van der Waals surface area contributed by atoms with E-state index in [1.807, 2.05) is 18.7 Å². The average molecular weight is 489 g/mol. The molecule has 0 unspecified atom stereocenters. The number of carbonyl (C=O) groups is 1. The van der Waals surface area contributed by atoms with E-state index in [-0.39, 0.29) is 29.9 Å². The van der Waals surface area contributed by atoms with Crippen LogP contribution in [-0.2, 0) is 6.54 Å². The molecule has 0 atom stereocenters. The Morgan fingerprint density at radius 1 is 1.31 bits per heavy atom. The number of hydrogen-bond acceptors (Lipinski definition) is 5. The first kappa shape index (κ1) is 20.7. The van der Waals surface area contributed by atoms with Gasteiger partial charge in [0, 0.05) is 38.1 Å². The second-order valence-corrected chi connectivity index (χ2v) is 7.19. The molecule has 1 aliphatic rings. The van der Waals surface area contributed by atoms with Crippen LogP contribution in [0.4, 0.5) is 0 Å². The summed E-state index contributed by atoms with van der Waals surface area (Å²) < 4.78 is 5.20. The number of halogens is 1. The van der Waals surface area contributed by atoms with Crippen molar-refractivity contribution in [1.29, 1.82) is 0 Å². The number of nitrogens with one attached hydrogen (secondary N) is 1. The minimum Gasteiger partial charge on any atom is -0.459 e. The molecule has 9 heteroatoms. The number of thiazole rings is 1. The van der Waals surface area contributed by atoms with E-state index >= 15 is 0 Å². The summed E-state index contributed by atoms with van der Waals surface area (Å²) in [5, 5.41) is 4.48. The largest absolute Gasteiger partial charge is 0.459 e. The molecule has 3 heterocycles. The first-order valence-corrected chi connectivity index (χ1v) is 9.11. The van der Waals surface area contributed by atoms with E-state index in [1.54, 1.807) is 30.5 Å². The second-order valence-electron chi connectivity index (χ2n) is 5.90. The number of aryl methyl sites for hydroxylation is 2. The first-order valence-electron chi connectivity index (χ1n) is 8.29. The van der Waals surface area contributed by atoms with Gasteiger partial charge in [0.25, 0.3) is 5.91 Å². The van der Waals surface area contributed by atoms with Crippen LogP contribution < -0.4 is 5.32 Å². The fourth-order valence-corrected chi connectivity index (χ4v) is 3.78. The number of nitrogens with zero attached hydrogens (tertiary/aromatic N) is 4. The Labute approximate surface area is 174 Å². The number of amides is 1. The van der Waals surface area contributed by atoms with Crippen molar-refractivity contribution >= 4 is 47.2 Å². The number of carbonyl (C=O) groups excluding carboxylic acids is 1. The fraction of sp³-hybridized carbons (Fsp3) is 0.471. The lowest BCUT2D eigenvalue weighted by Crippen LogP contribution is -2.53. The molecule has 0 spiro atoms. The Hall–Kier alpha value is -1.62. The zero-order chi connectivity index (χ0) is 17.8. The summed E-state index contributed by atoms with van der Waals surface area (Å²) in [6.45, 7) is 7.56. The molecule has 0 saturated carbocycles. The van der Waals surface area contributed by atoms with Gasteiger partial charge in [0.05, 0.1) is 23.5 Å². The summed E-state index contributed by atoms with van der Waals surface area (Å²) in [6.07, 6.45) is 1.53. The van der Waals surface area contributed by atoms with Crippen molar-refractivity contribution < 1.29 is 9.21 Å². The zero-order valence-electron chi connectivity index (χ0n) is 15.2. The molecule has 1 fully saturated rings. The summed E-state index contributed by atoms with van der Waals surface area (Å²) in [6, 6.07) is 3.44. The summed E-state index contributed by atoms with van der Waals surface area (Å²) in [7, 11) is 1.79. The number of guanidine groups is 1. The van der Waals surface area contributed by atoms with Gasteiger partial charge in [-0.05, 0) is 26.0 Å². The van der Waals surface area contributed by atoms with Gasteiger partial charge < -0.3 is 19.5 Å². The summed E-state index contributed by atoms with van der Waals surface area (Å²) in [5.74, 6) is 1.20. The molecular formula is C17H24IN5O2S. The van der Waals surface area contributed by atoms with E-state index in [4.69, 9.17) is 4.42 Å². The van der Waals surface area contributed by atoms with Crippen LogP contribution in [0.2, 0.25) is 0 Å². The Bertz CT molecular complexity index is 751. The molecule has 3 rings (SSSR count). The molecule has 1 N–H and O–H groups in total. The minimum absolute atomic E-state index is 0. The van der Waals surface area contributed by atoms with Crippen molar-refractivity contribution in [3.05, 3.63) is 39.7 Å². The normalized spacial score (nSPS) is 15.0. The maximum atomic E-state index is 12.3. The second kappa shape index (κ2) is 9.36. The van der Waals surface area contributed by atoms with E-state index in [9.17, 15) is 4.79 Å². The molecule has 0 aromatic carbocycles. The number of aliphatic imine (C=N–C) groups is 1. The van der Waals surface area contributed by atoms with E-state index < -0.39 is 0 Å². The third-order valence-electron chi connectivity index (χ3n) is 4.22. The molecule has 26 heavy (non-hydrogen) atoms. The van der Waals surface area contributed by atoms with Crippen molar-refractivity contribution in [2.24, 2.45) is 4.99 Å². The molecule has 7 nitrogen and oxygen atoms in total. The fourth-order valence-electron chi connectivity index (χ4n) is 2.91. The lowest BCUT2D eigenvalue weighted by atomic mass is 10.3. The van der Waals surface area contributed by atoms with E-state index in [2.05, 4.69) is 20.2 Å². The van der Waals surface area contributed by atoms with Crippen LogP contribution in [-0.4, -0.2) is 59.9 Å². The summed E-state index contributed by atoms with van der Waals surface area (Å²) in [4.78, 5) is 26.4. The van der Waals surface area contributed by atoms with Crippen molar-refractivity contribution in [3.8, 4) is 0 Å². The van der Waals surface area contributed by atoms with Crippen LogP contribution in [0.1, 0.15) is 26.1 Å². The van der Waals surface area contributed by atoms with Gasteiger partial charge in [0.15, 0.2) is 11.7 Å². The van der Waals surface area contributed by atoms with Gasteiger partial charge in [0.1, 0.15) is 0 Å². The number of aromatic nitrogens is 1. The van der Waals surface area contributed by atoms with Gasteiger partial charge in [-0.15, -0.1) is 35.3 Å². The number of hydrogen-bond donors (Lipinski definition) is 1. The quantitative estimate of drug-likeness (QED) is 0.408. The third-order valence-corrected chi connectivity index (χ3v) is 5.29. The van der Waals surface area contributed by atoms with Crippen molar-refractivity contribution in [2.45, 2.75) is 20.4 Å². The van der Waals surface area contributed by atoms with E-state index in [0.29, 0.717) is 18.8 Å². The maximum absolute atomic E-state index is 12.3. The molecule has 2 aromatic rings. The van der Waals surface area contributed by atoms with Gasteiger partial charge >= 0.3 is 0 Å². The Morgan fingerprint density at radius 2 is 2.00 bits per heavy atom. The highest BCUT2D eigenvalue weighted by Crippen LogP contribution is 2.17. The van der Waals surface area contributed by atoms with Gasteiger partial charge in [0.2, 0.25) is 0 Å². The molecule has 0 radical (unpaired) electrons. The Balaban J connectivity index is 0.00000243. The Kier molecular flexibility index (Phi) is 7.44. The Morgan fingerprint density at radius 3 is 2.54 bits per heavy atom. The predicted molar refractivity (Wildman–Crippen MR) is 113 cm³/mol. The zero-order valence-corrected chi connectivity index (χ0v) is 18.3. The molecule has 1 amide bonds. The molecule has 142 valence electrons. The molecule has 1 aliphatic heterocycles. The number of piperazine rings is 1. The minimum atomic E-state index is -0.0524. The van der Waals surface area contributed by atoms with Crippen molar-refractivity contribution in [1.82, 2.24) is 20.1 Å². The lowest BCUT2D eigenvalue weighted by Gasteiger charge is -2.36. The predicted octanol–water partition coefficient (Wildman–Crippen LogP) is 2.50. The summed E-state index contributed by atoms with van der Waals surface area (Å²) in [5.41, 5.74) is 1.07. The van der Waals surface area contributed by atoms with Crippen LogP contribution in [0.15, 0.2) is 27.8 Å². The van der Waals surface area contributed by atoms with E-state index in [1.165, 1.54) is 11.1 Å². The highest BCUT2D eigenvalue weighted by Gasteiger charge is 2.25. The highest BCUT2D eigenvalue weighted by molar-refractivity contribution is 14.0. The molecule has 0 bridgehead atoms. The van der Waals surface area contributed by atoms with Crippen LogP contribution in [0.25, 0.3) is 0 Å². The van der Waals surface area contributed by atoms with Gasteiger partial charge in [-0.3, -0.25) is 9.79 Å². The molecular weight excluding hydrogens is 465 g/mol. The number of rotatable bonds is 3. The van der Waals surface area contributed by atoms with Gasteiger partial charge in [-0.25, -0.2) is 4.98 Å². The van der Waals surface area contributed by atoms with Crippen LogP contribution >= 0.6 is 35.3 Å².